The first-order valence-electron chi connectivity index (χ1n) is 8.45. The van der Waals surface area contributed by atoms with E-state index in [2.05, 4.69) is 25.2 Å². The van der Waals surface area contributed by atoms with Gasteiger partial charge in [0.15, 0.2) is 5.43 Å². The van der Waals surface area contributed by atoms with Crippen molar-refractivity contribution in [2.45, 2.75) is 40.0 Å². The lowest BCUT2D eigenvalue weighted by Gasteiger charge is -2.56. The van der Waals surface area contributed by atoms with Crippen LogP contribution >= 0.6 is 0 Å². The highest BCUT2D eigenvalue weighted by atomic mass is 16.2. The molecule has 1 aromatic rings. The van der Waals surface area contributed by atoms with Gasteiger partial charge in [0.1, 0.15) is 5.56 Å². The van der Waals surface area contributed by atoms with Crippen molar-refractivity contribution < 1.29 is 4.79 Å². The van der Waals surface area contributed by atoms with Gasteiger partial charge in [-0.05, 0) is 43.4 Å². The molecular formula is C19H26N2O2. The Hall–Kier alpha value is -1.84. The zero-order valence-corrected chi connectivity index (χ0v) is 14.5. The number of aryl methyl sites for hydroxylation is 2. The first kappa shape index (κ1) is 16.0. The summed E-state index contributed by atoms with van der Waals surface area (Å²) in [4.78, 5) is 24.2. The number of carbonyl (C=O) groups is 1. The minimum absolute atomic E-state index is 0.210. The molecule has 3 aliphatic rings. The third-order valence-electron chi connectivity index (χ3n) is 6.01. The number of fused-ring (bicyclic) bond motifs is 1. The van der Waals surface area contributed by atoms with Crippen LogP contribution in [-0.2, 0) is 7.05 Å². The predicted octanol–water partition coefficient (Wildman–Crippen LogP) is 2.81. The summed E-state index contributed by atoms with van der Waals surface area (Å²) in [5.74, 6) is 1.24. The van der Waals surface area contributed by atoms with Crippen molar-refractivity contribution in [1.29, 1.82) is 0 Å². The van der Waals surface area contributed by atoms with Crippen LogP contribution in [0, 0.1) is 24.2 Å². The standard InChI is InChI=1S/C19H26N2O2/c1-12-9-17(22)15(11-21(12)4)18(23)20-8-7-13-5-6-14-10-16(13)19(14,2)3/h5,9,11,14,16H,6-8,10H2,1-4H3,(H,20,23)/t14-,16-/m0/s1. The Kier molecular flexibility index (Phi) is 3.95. The molecule has 4 nitrogen and oxygen atoms in total. The third-order valence-corrected chi connectivity index (χ3v) is 6.01. The van der Waals surface area contributed by atoms with Crippen LogP contribution in [0.2, 0.25) is 0 Å². The van der Waals surface area contributed by atoms with Gasteiger partial charge in [0.05, 0.1) is 0 Å². The quantitative estimate of drug-likeness (QED) is 0.869. The highest BCUT2D eigenvalue weighted by Gasteiger charge is 2.50. The molecule has 1 heterocycles. The number of aromatic nitrogens is 1. The van der Waals surface area contributed by atoms with Crippen molar-refractivity contribution in [2.75, 3.05) is 6.54 Å². The molecule has 0 aromatic carbocycles. The van der Waals surface area contributed by atoms with E-state index in [4.69, 9.17) is 0 Å². The molecule has 0 unspecified atom stereocenters. The molecule has 0 aliphatic heterocycles. The maximum Gasteiger partial charge on any atom is 0.256 e. The maximum atomic E-state index is 12.2. The number of carbonyl (C=O) groups excluding carboxylic acids is 1. The molecule has 4 rings (SSSR count). The summed E-state index contributed by atoms with van der Waals surface area (Å²) in [5.41, 5.74) is 2.76. The van der Waals surface area contributed by atoms with E-state index in [1.54, 1.807) is 10.8 Å². The Morgan fingerprint density at radius 1 is 1.43 bits per heavy atom. The molecular weight excluding hydrogens is 288 g/mol. The highest BCUT2D eigenvalue weighted by molar-refractivity contribution is 5.93. The van der Waals surface area contributed by atoms with Crippen LogP contribution in [0.15, 0.2) is 28.7 Å². The fourth-order valence-electron chi connectivity index (χ4n) is 4.07. The van der Waals surface area contributed by atoms with E-state index in [1.807, 2.05) is 14.0 Å². The van der Waals surface area contributed by atoms with Crippen LogP contribution in [0.25, 0.3) is 0 Å². The van der Waals surface area contributed by atoms with Crippen molar-refractivity contribution in [2.24, 2.45) is 24.3 Å². The Labute approximate surface area is 137 Å². The van der Waals surface area contributed by atoms with Crippen molar-refractivity contribution in [3.05, 3.63) is 45.4 Å². The lowest BCUT2D eigenvalue weighted by atomic mass is 9.48. The summed E-state index contributed by atoms with van der Waals surface area (Å²) in [6, 6.07) is 1.51. The summed E-state index contributed by atoms with van der Waals surface area (Å²) in [7, 11) is 1.84. The maximum absolute atomic E-state index is 12.2. The van der Waals surface area contributed by atoms with Gasteiger partial charge >= 0.3 is 0 Å². The molecule has 23 heavy (non-hydrogen) atoms. The number of pyridine rings is 1. The zero-order valence-electron chi connectivity index (χ0n) is 14.5. The Morgan fingerprint density at radius 2 is 2.17 bits per heavy atom. The van der Waals surface area contributed by atoms with Gasteiger partial charge in [-0.25, -0.2) is 0 Å². The van der Waals surface area contributed by atoms with E-state index in [9.17, 15) is 9.59 Å². The van der Waals surface area contributed by atoms with Crippen LogP contribution in [0.3, 0.4) is 0 Å². The van der Waals surface area contributed by atoms with Gasteiger partial charge in [-0.2, -0.15) is 0 Å². The molecule has 0 spiro atoms. The van der Waals surface area contributed by atoms with Crippen molar-refractivity contribution in [3.63, 3.8) is 0 Å². The molecule has 3 aliphatic carbocycles. The normalized spacial score (nSPS) is 24.6. The van der Waals surface area contributed by atoms with Crippen molar-refractivity contribution >= 4 is 5.91 Å². The van der Waals surface area contributed by atoms with Crippen LogP contribution in [0.1, 0.15) is 49.2 Å². The Bertz CT molecular complexity index is 727. The number of nitrogens with one attached hydrogen (secondary N) is 1. The van der Waals surface area contributed by atoms with Crippen LogP contribution < -0.4 is 10.7 Å². The van der Waals surface area contributed by atoms with Crippen LogP contribution in [0.4, 0.5) is 0 Å². The Balaban J connectivity index is 1.59. The fourth-order valence-corrected chi connectivity index (χ4v) is 4.07. The van der Waals surface area contributed by atoms with E-state index < -0.39 is 0 Å². The number of hydrogen-bond donors (Lipinski definition) is 1. The number of amides is 1. The van der Waals surface area contributed by atoms with Gasteiger partial charge in [-0.15, -0.1) is 0 Å². The molecule has 1 N–H and O–H groups in total. The Morgan fingerprint density at radius 3 is 2.83 bits per heavy atom. The minimum atomic E-state index is -0.271. The van der Waals surface area contributed by atoms with E-state index in [0.29, 0.717) is 17.9 Å². The second-order valence-corrected chi connectivity index (χ2v) is 7.63. The number of nitrogens with zero attached hydrogens (tertiary/aromatic N) is 1. The molecule has 0 radical (unpaired) electrons. The molecule has 0 saturated heterocycles. The summed E-state index contributed by atoms with van der Waals surface area (Å²) in [5, 5.41) is 2.91. The second-order valence-electron chi connectivity index (χ2n) is 7.63. The molecule has 1 aromatic heterocycles. The lowest BCUT2D eigenvalue weighted by Crippen LogP contribution is -2.48. The molecule has 2 bridgehead atoms. The lowest BCUT2D eigenvalue weighted by molar-refractivity contribution is -0.00811. The highest BCUT2D eigenvalue weighted by Crippen LogP contribution is 2.59. The van der Waals surface area contributed by atoms with Gasteiger partial charge in [0.25, 0.3) is 5.91 Å². The molecule has 1 fully saturated rings. The summed E-state index contributed by atoms with van der Waals surface area (Å²) >= 11 is 0. The van der Waals surface area contributed by atoms with E-state index in [1.165, 1.54) is 24.5 Å². The summed E-state index contributed by atoms with van der Waals surface area (Å²) in [6.07, 6.45) is 7.34. The molecule has 1 amide bonds. The van der Waals surface area contributed by atoms with E-state index >= 15 is 0 Å². The summed E-state index contributed by atoms with van der Waals surface area (Å²) in [6.45, 7) is 7.16. The SMILES string of the molecule is Cc1cc(=O)c(C(=O)NCCC2=CC[C@H]3C[C@@H]2C3(C)C)cn1C. The number of rotatable bonds is 4. The topological polar surface area (TPSA) is 51.1 Å². The van der Waals surface area contributed by atoms with Gasteiger partial charge in [-0.1, -0.05) is 25.5 Å². The van der Waals surface area contributed by atoms with Crippen molar-refractivity contribution in [3.8, 4) is 0 Å². The van der Waals surface area contributed by atoms with E-state index in [0.717, 1.165) is 18.0 Å². The van der Waals surface area contributed by atoms with Crippen molar-refractivity contribution in [1.82, 2.24) is 9.88 Å². The fraction of sp³-hybridized carbons (Fsp3) is 0.579. The molecule has 4 heteroatoms. The van der Waals surface area contributed by atoms with Gasteiger partial charge in [0.2, 0.25) is 0 Å². The first-order chi connectivity index (χ1) is 10.8. The van der Waals surface area contributed by atoms with Crippen LogP contribution in [-0.4, -0.2) is 17.0 Å². The summed E-state index contributed by atoms with van der Waals surface area (Å²) < 4.78 is 1.80. The average Bonchev–Trinajstić information content (AvgIpc) is 2.50. The van der Waals surface area contributed by atoms with Gasteiger partial charge in [-0.3, -0.25) is 9.59 Å². The number of hydrogen-bond acceptors (Lipinski definition) is 2. The minimum Gasteiger partial charge on any atom is -0.354 e. The van der Waals surface area contributed by atoms with Gasteiger partial charge in [0, 0.05) is 31.5 Å². The number of allylic oxidation sites excluding steroid dienone is 1. The molecule has 1 saturated carbocycles. The largest absolute Gasteiger partial charge is 0.354 e. The smallest absolute Gasteiger partial charge is 0.256 e. The zero-order chi connectivity index (χ0) is 16.8. The molecule has 124 valence electrons. The van der Waals surface area contributed by atoms with Crippen LogP contribution in [0.5, 0.6) is 0 Å². The third kappa shape index (κ3) is 2.75. The van der Waals surface area contributed by atoms with E-state index in [-0.39, 0.29) is 16.9 Å². The average molecular weight is 314 g/mol. The predicted molar refractivity (Wildman–Crippen MR) is 91.4 cm³/mol. The first-order valence-corrected chi connectivity index (χ1v) is 8.45. The monoisotopic (exact) mass is 314 g/mol. The van der Waals surface area contributed by atoms with Gasteiger partial charge < -0.3 is 9.88 Å². The molecule has 2 atom stereocenters. The second kappa shape index (κ2) is 5.66.